The maximum atomic E-state index is 8.01. The van der Waals surface area contributed by atoms with Gasteiger partial charge in [0.25, 0.3) is 0 Å². The number of hydrogen-bond donors (Lipinski definition) is 1. The molecule has 0 amide bonds. The van der Waals surface area contributed by atoms with E-state index in [1.807, 2.05) is 0 Å². The summed E-state index contributed by atoms with van der Waals surface area (Å²) in [5.74, 6) is 0. The third-order valence-corrected chi connectivity index (χ3v) is 0.241. The van der Waals surface area contributed by atoms with Crippen LogP contribution in [0.2, 0.25) is 0 Å². The predicted octanol–water partition coefficient (Wildman–Crippen LogP) is -0.340. The van der Waals surface area contributed by atoms with Crippen molar-refractivity contribution < 1.29 is 5.11 Å². The molecule has 0 aromatic heterocycles. The minimum atomic E-state index is 0.0278. The van der Waals surface area contributed by atoms with Crippen LogP contribution in [0.15, 0.2) is 0 Å². The fourth-order valence-corrected chi connectivity index (χ4v) is 0. The Balaban J connectivity index is 2.54. The Labute approximate surface area is 32.0 Å². The van der Waals surface area contributed by atoms with Crippen molar-refractivity contribution in [2.45, 2.75) is 0 Å². The zero-order valence-electron chi connectivity index (χ0n) is 3.31. The van der Waals surface area contributed by atoms with Gasteiger partial charge in [-0.05, 0) is 7.05 Å². The molecule has 0 fully saturated rings. The van der Waals surface area contributed by atoms with Crippen molar-refractivity contribution in [2.24, 2.45) is 0 Å². The van der Waals surface area contributed by atoms with E-state index in [0.29, 0.717) is 0 Å². The Hall–Kier alpha value is -0.0800. The topological polar surface area (TPSA) is 23.5 Å². The summed E-state index contributed by atoms with van der Waals surface area (Å²) in [5.41, 5.74) is 0. The molecule has 31 valence electrons. The molecule has 0 saturated heterocycles. The molecular formula is C3H8NO. The molecule has 0 heterocycles. The molecule has 0 unspecified atom stereocenters. The third-order valence-electron chi connectivity index (χ3n) is 0.241. The highest BCUT2D eigenvalue weighted by molar-refractivity contribution is 4.28. The molecule has 2 nitrogen and oxygen atoms in total. The number of hydrogen-bond acceptors (Lipinski definition) is 2. The zero-order valence-corrected chi connectivity index (χ0v) is 3.31. The Morgan fingerprint density at radius 1 is 2.00 bits per heavy atom. The lowest BCUT2D eigenvalue weighted by Crippen LogP contribution is -2.08. The van der Waals surface area contributed by atoms with E-state index in [1.54, 1.807) is 7.05 Å². The van der Waals surface area contributed by atoms with E-state index in [4.69, 9.17) is 5.11 Å². The van der Waals surface area contributed by atoms with Crippen molar-refractivity contribution in [3.8, 4) is 0 Å². The van der Waals surface area contributed by atoms with Crippen molar-refractivity contribution in [3.05, 3.63) is 7.05 Å². The first-order valence-corrected chi connectivity index (χ1v) is 1.40. The number of rotatable bonds is 1. The van der Waals surface area contributed by atoms with Crippen LogP contribution in [0.1, 0.15) is 0 Å². The summed E-state index contributed by atoms with van der Waals surface area (Å²) in [6, 6.07) is 0. The van der Waals surface area contributed by atoms with Crippen molar-refractivity contribution in [2.75, 3.05) is 13.8 Å². The fraction of sp³-hybridized carbons (Fsp3) is 0.667. The minimum Gasteiger partial charge on any atom is -0.381 e. The third kappa shape index (κ3) is 3.92. The molecule has 0 rings (SSSR count). The lowest BCUT2D eigenvalue weighted by atomic mass is 11.0. The molecule has 1 N–H and O–H groups in total. The molecule has 1 radical (unpaired) electrons. The molecule has 0 aliphatic carbocycles. The van der Waals surface area contributed by atoms with E-state index in [-0.39, 0.29) is 6.73 Å². The zero-order chi connectivity index (χ0) is 4.28. The lowest BCUT2D eigenvalue weighted by Gasteiger charge is -1.98. The van der Waals surface area contributed by atoms with E-state index < -0.39 is 0 Å². The molecule has 0 aromatic carbocycles. The van der Waals surface area contributed by atoms with Gasteiger partial charge in [0.2, 0.25) is 0 Å². The van der Waals surface area contributed by atoms with Crippen LogP contribution in [-0.2, 0) is 0 Å². The highest BCUT2D eigenvalue weighted by Gasteiger charge is 1.73. The van der Waals surface area contributed by atoms with Crippen molar-refractivity contribution in [3.63, 3.8) is 0 Å². The van der Waals surface area contributed by atoms with Gasteiger partial charge < -0.3 is 5.11 Å². The monoisotopic (exact) mass is 74.1 g/mol. The van der Waals surface area contributed by atoms with Gasteiger partial charge in [-0.3, -0.25) is 4.90 Å². The second-order valence-corrected chi connectivity index (χ2v) is 0.997. The minimum absolute atomic E-state index is 0.0278. The summed E-state index contributed by atoms with van der Waals surface area (Å²) in [6.07, 6.45) is 0. The van der Waals surface area contributed by atoms with Crippen LogP contribution in [0, 0.1) is 7.05 Å². The first-order chi connectivity index (χ1) is 2.27. The summed E-state index contributed by atoms with van der Waals surface area (Å²) in [6.45, 7) is 0.0278. The van der Waals surface area contributed by atoms with Crippen LogP contribution < -0.4 is 0 Å². The van der Waals surface area contributed by atoms with Gasteiger partial charge in [-0.25, -0.2) is 0 Å². The summed E-state index contributed by atoms with van der Waals surface area (Å²) < 4.78 is 0. The highest BCUT2D eigenvalue weighted by atomic mass is 16.3. The second kappa shape index (κ2) is 2.18. The van der Waals surface area contributed by atoms with Crippen LogP contribution in [0.5, 0.6) is 0 Å². The fourth-order valence-electron chi connectivity index (χ4n) is 0. The Bertz CT molecular complexity index is 20.9. The SMILES string of the molecule is [CH2]N(C)CO. The van der Waals surface area contributed by atoms with E-state index in [1.165, 1.54) is 4.90 Å². The van der Waals surface area contributed by atoms with Gasteiger partial charge in [0.15, 0.2) is 0 Å². The number of nitrogens with zero attached hydrogens (tertiary/aromatic N) is 1. The lowest BCUT2D eigenvalue weighted by molar-refractivity contribution is 0.172. The molecule has 0 spiro atoms. The molecule has 2 heteroatoms. The first-order valence-electron chi connectivity index (χ1n) is 1.40. The summed E-state index contributed by atoms with van der Waals surface area (Å²) in [5, 5.41) is 8.01. The molecule has 0 aromatic rings. The standard InChI is InChI=1S/C3H8NO/c1-4(2)3-5/h5H,1,3H2,2H3. The Morgan fingerprint density at radius 3 is 2.20 bits per heavy atom. The maximum absolute atomic E-state index is 8.01. The molecular weight excluding hydrogens is 66.0 g/mol. The van der Waals surface area contributed by atoms with Crippen molar-refractivity contribution in [1.29, 1.82) is 0 Å². The normalized spacial score (nSPS) is 9.60. The number of aliphatic hydroxyl groups is 1. The van der Waals surface area contributed by atoms with Gasteiger partial charge in [0.05, 0.1) is 6.73 Å². The summed E-state index contributed by atoms with van der Waals surface area (Å²) in [4.78, 5) is 1.43. The smallest absolute Gasteiger partial charge is 0.0954 e. The van der Waals surface area contributed by atoms with Gasteiger partial charge >= 0.3 is 0 Å². The van der Waals surface area contributed by atoms with Crippen LogP contribution in [0.25, 0.3) is 0 Å². The van der Waals surface area contributed by atoms with Crippen LogP contribution in [-0.4, -0.2) is 23.8 Å². The molecule has 0 atom stereocenters. The second-order valence-electron chi connectivity index (χ2n) is 0.997. The van der Waals surface area contributed by atoms with Gasteiger partial charge in [-0.2, -0.15) is 0 Å². The van der Waals surface area contributed by atoms with E-state index >= 15 is 0 Å². The molecule has 0 saturated carbocycles. The van der Waals surface area contributed by atoms with Crippen molar-refractivity contribution >= 4 is 0 Å². The van der Waals surface area contributed by atoms with E-state index in [2.05, 4.69) is 7.05 Å². The van der Waals surface area contributed by atoms with Crippen LogP contribution >= 0.6 is 0 Å². The largest absolute Gasteiger partial charge is 0.381 e. The molecule has 0 aliphatic heterocycles. The van der Waals surface area contributed by atoms with Gasteiger partial charge in [0, 0.05) is 7.05 Å². The molecule has 5 heavy (non-hydrogen) atoms. The van der Waals surface area contributed by atoms with Gasteiger partial charge in [0.1, 0.15) is 0 Å². The highest BCUT2D eigenvalue weighted by Crippen LogP contribution is 1.63. The first kappa shape index (κ1) is 4.92. The van der Waals surface area contributed by atoms with Crippen molar-refractivity contribution in [1.82, 2.24) is 4.90 Å². The van der Waals surface area contributed by atoms with Gasteiger partial charge in [-0.1, -0.05) is 0 Å². The summed E-state index contributed by atoms with van der Waals surface area (Å²) >= 11 is 0. The Kier molecular flexibility index (Phi) is 2.14. The van der Waals surface area contributed by atoms with Gasteiger partial charge in [-0.15, -0.1) is 0 Å². The molecule has 0 aliphatic rings. The summed E-state index contributed by atoms with van der Waals surface area (Å²) in [7, 11) is 5.03. The predicted molar refractivity (Wildman–Crippen MR) is 20.2 cm³/mol. The average molecular weight is 74.1 g/mol. The maximum Gasteiger partial charge on any atom is 0.0954 e. The Morgan fingerprint density at radius 2 is 2.20 bits per heavy atom. The molecule has 0 bridgehead atoms. The van der Waals surface area contributed by atoms with E-state index in [0.717, 1.165) is 0 Å². The quantitative estimate of drug-likeness (QED) is 0.430. The number of aliphatic hydroxyl groups excluding tert-OH is 1. The van der Waals surface area contributed by atoms with Crippen LogP contribution in [0.3, 0.4) is 0 Å². The van der Waals surface area contributed by atoms with E-state index in [9.17, 15) is 0 Å². The van der Waals surface area contributed by atoms with Crippen LogP contribution in [0.4, 0.5) is 0 Å². The average Bonchev–Trinajstić information content (AvgIpc) is 1.38.